The molecule has 0 radical (unpaired) electrons. The molecule has 1 N–H and O–H groups in total. The number of hydrazone groups is 1. The molecule has 0 aromatic heterocycles. The van der Waals surface area contributed by atoms with Crippen LogP contribution in [-0.2, 0) is 14.8 Å². The predicted molar refractivity (Wildman–Crippen MR) is 138 cm³/mol. The third-order valence-corrected chi connectivity index (χ3v) is 7.67. The fourth-order valence-corrected chi connectivity index (χ4v) is 5.07. The summed E-state index contributed by atoms with van der Waals surface area (Å²) in [6, 6.07) is 18.5. The molecule has 0 aliphatic carbocycles. The van der Waals surface area contributed by atoms with Gasteiger partial charge in [-0.1, -0.05) is 41.4 Å². The summed E-state index contributed by atoms with van der Waals surface area (Å²) in [4.78, 5) is 13.8. The highest BCUT2D eigenvalue weighted by atomic mass is 35.5. The summed E-state index contributed by atoms with van der Waals surface area (Å²) in [5.41, 5.74) is 4.32. The van der Waals surface area contributed by atoms with Crippen LogP contribution in [0.3, 0.4) is 0 Å². The Bertz CT molecular complexity index is 1280. The Hall–Kier alpha value is -3.01. The topological polar surface area (TPSA) is 88.1 Å². The number of nitrogens with zero attached hydrogens (tertiary/aromatic N) is 2. The van der Waals surface area contributed by atoms with Gasteiger partial charge in [0.05, 0.1) is 28.9 Å². The number of carbonyl (C=O) groups is 1. The first-order valence-electron chi connectivity index (χ1n) is 10.1. The highest BCUT2D eigenvalue weighted by molar-refractivity contribution is 7.98. The second-order valence-electron chi connectivity index (χ2n) is 7.21. The van der Waals surface area contributed by atoms with E-state index < -0.39 is 22.5 Å². The number of sulfonamides is 1. The number of anilines is 1. The molecule has 10 heteroatoms. The van der Waals surface area contributed by atoms with Gasteiger partial charge >= 0.3 is 0 Å². The molecular formula is C24H24ClN3O4S2. The fourth-order valence-electron chi connectivity index (χ4n) is 3.00. The highest BCUT2D eigenvalue weighted by Crippen LogP contribution is 2.32. The Morgan fingerprint density at radius 2 is 1.79 bits per heavy atom. The van der Waals surface area contributed by atoms with Gasteiger partial charge < -0.3 is 4.74 Å². The van der Waals surface area contributed by atoms with Crippen LogP contribution in [0.5, 0.6) is 5.75 Å². The fraction of sp³-hybridized carbons (Fsp3) is 0.167. The van der Waals surface area contributed by atoms with Gasteiger partial charge in [0.25, 0.3) is 15.9 Å². The molecule has 1 amide bonds. The van der Waals surface area contributed by atoms with Crippen LogP contribution in [0.1, 0.15) is 11.1 Å². The number of hydrogen-bond donors (Lipinski definition) is 1. The van der Waals surface area contributed by atoms with E-state index in [1.54, 1.807) is 30.0 Å². The first-order valence-corrected chi connectivity index (χ1v) is 13.2. The minimum absolute atomic E-state index is 0.0511. The summed E-state index contributed by atoms with van der Waals surface area (Å²) in [6.45, 7) is 1.36. The van der Waals surface area contributed by atoms with E-state index in [1.807, 2.05) is 37.4 Å². The Morgan fingerprint density at radius 3 is 2.38 bits per heavy atom. The van der Waals surface area contributed by atoms with Crippen molar-refractivity contribution in [2.45, 2.75) is 16.7 Å². The lowest BCUT2D eigenvalue weighted by molar-refractivity contribution is -0.119. The zero-order valence-electron chi connectivity index (χ0n) is 18.9. The number of benzene rings is 3. The Morgan fingerprint density at radius 1 is 1.12 bits per heavy atom. The quantitative estimate of drug-likeness (QED) is 0.252. The lowest BCUT2D eigenvalue weighted by Gasteiger charge is -2.24. The summed E-state index contributed by atoms with van der Waals surface area (Å²) in [6.07, 6.45) is 3.47. The van der Waals surface area contributed by atoms with Crippen molar-refractivity contribution in [1.29, 1.82) is 0 Å². The third kappa shape index (κ3) is 6.31. The van der Waals surface area contributed by atoms with Crippen LogP contribution in [0.25, 0.3) is 0 Å². The van der Waals surface area contributed by atoms with Gasteiger partial charge in [-0.15, -0.1) is 11.8 Å². The molecule has 3 aromatic carbocycles. The van der Waals surface area contributed by atoms with Gasteiger partial charge in [-0.2, -0.15) is 5.10 Å². The number of ether oxygens (including phenoxy) is 1. The molecule has 0 unspecified atom stereocenters. The lowest BCUT2D eigenvalue weighted by atomic mass is 10.2. The lowest BCUT2D eigenvalue weighted by Crippen LogP contribution is -2.39. The van der Waals surface area contributed by atoms with Gasteiger partial charge in [-0.25, -0.2) is 13.8 Å². The summed E-state index contributed by atoms with van der Waals surface area (Å²) < 4.78 is 33.0. The summed E-state index contributed by atoms with van der Waals surface area (Å²) in [5, 5.41) is 4.17. The number of amides is 1. The van der Waals surface area contributed by atoms with E-state index in [2.05, 4.69) is 10.5 Å². The number of aryl methyl sites for hydroxylation is 1. The molecule has 3 aromatic rings. The average Bonchev–Trinajstić information content (AvgIpc) is 2.83. The largest absolute Gasteiger partial charge is 0.495 e. The van der Waals surface area contributed by atoms with Crippen LogP contribution in [0, 0.1) is 6.92 Å². The second kappa shape index (κ2) is 11.4. The minimum atomic E-state index is -4.07. The maximum absolute atomic E-state index is 13.4. The number of halogens is 1. The summed E-state index contributed by atoms with van der Waals surface area (Å²) in [7, 11) is -2.61. The molecule has 0 saturated carbocycles. The molecule has 0 spiro atoms. The number of hydrogen-bond acceptors (Lipinski definition) is 6. The van der Waals surface area contributed by atoms with Crippen LogP contribution in [0.15, 0.2) is 81.6 Å². The maximum Gasteiger partial charge on any atom is 0.264 e. The van der Waals surface area contributed by atoms with Crippen LogP contribution >= 0.6 is 23.4 Å². The molecule has 0 saturated heterocycles. The van der Waals surface area contributed by atoms with Gasteiger partial charge in [-0.3, -0.25) is 9.10 Å². The maximum atomic E-state index is 13.4. The van der Waals surface area contributed by atoms with Crippen molar-refractivity contribution in [3.8, 4) is 5.75 Å². The predicted octanol–water partition coefficient (Wildman–Crippen LogP) is 4.72. The van der Waals surface area contributed by atoms with Crippen molar-refractivity contribution in [1.82, 2.24) is 5.43 Å². The zero-order chi connectivity index (χ0) is 24.7. The van der Waals surface area contributed by atoms with Gasteiger partial charge in [0.2, 0.25) is 0 Å². The Balaban J connectivity index is 1.85. The molecule has 0 heterocycles. The highest BCUT2D eigenvalue weighted by Gasteiger charge is 2.27. The van der Waals surface area contributed by atoms with E-state index in [-0.39, 0.29) is 15.6 Å². The number of nitrogens with one attached hydrogen (secondary N) is 1. The van der Waals surface area contributed by atoms with Crippen molar-refractivity contribution in [2.75, 3.05) is 24.2 Å². The van der Waals surface area contributed by atoms with Crippen molar-refractivity contribution >= 4 is 51.2 Å². The molecule has 0 aliphatic rings. The van der Waals surface area contributed by atoms with E-state index in [0.717, 1.165) is 20.3 Å². The number of methoxy groups -OCH3 is 1. The van der Waals surface area contributed by atoms with E-state index in [1.165, 1.54) is 37.6 Å². The van der Waals surface area contributed by atoms with Crippen LogP contribution in [0.2, 0.25) is 5.02 Å². The monoisotopic (exact) mass is 517 g/mol. The van der Waals surface area contributed by atoms with Gasteiger partial charge in [0, 0.05) is 4.90 Å². The Labute approximate surface area is 208 Å². The molecule has 0 aliphatic heterocycles. The van der Waals surface area contributed by atoms with Crippen molar-refractivity contribution in [3.05, 3.63) is 82.9 Å². The third-order valence-electron chi connectivity index (χ3n) is 4.84. The molecule has 7 nitrogen and oxygen atoms in total. The molecule has 3 rings (SSSR count). The van der Waals surface area contributed by atoms with Crippen molar-refractivity contribution in [2.24, 2.45) is 5.10 Å². The molecule has 0 fully saturated rings. The smallest absolute Gasteiger partial charge is 0.264 e. The van der Waals surface area contributed by atoms with Crippen molar-refractivity contribution in [3.63, 3.8) is 0 Å². The first kappa shape index (κ1) is 25.6. The number of carbonyl (C=O) groups excluding carboxylic acids is 1. The van der Waals surface area contributed by atoms with E-state index >= 15 is 0 Å². The molecule has 0 bridgehead atoms. The van der Waals surface area contributed by atoms with Gasteiger partial charge in [-0.05, 0) is 61.2 Å². The van der Waals surface area contributed by atoms with E-state index in [9.17, 15) is 13.2 Å². The number of thioether (sulfide) groups is 1. The summed E-state index contributed by atoms with van der Waals surface area (Å²) in [5.74, 6) is -0.223. The SMILES string of the molecule is COc1ccc(N(CC(=O)N/N=C\c2ccc(SC)cc2)S(=O)(=O)c2ccc(C)cc2)cc1Cl. The van der Waals surface area contributed by atoms with E-state index in [0.29, 0.717) is 5.75 Å². The summed E-state index contributed by atoms with van der Waals surface area (Å²) >= 11 is 7.85. The molecule has 34 heavy (non-hydrogen) atoms. The number of rotatable bonds is 9. The van der Waals surface area contributed by atoms with Crippen LogP contribution < -0.4 is 14.5 Å². The zero-order valence-corrected chi connectivity index (χ0v) is 21.2. The van der Waals surface area contributed by atoms with E-state index in [4.69, 9.17) is 16.3 Å². The standard InChI is InChI=1S/C24H24ClN3O4S2/c1-17-4-11-21(12-5-17)34(30,31)28(19-8-13-23(32-2)22(25)14-19)16-24(29)27-26-15-18-6-9-20(33-3)10-7-18/h4-15H,16H2,1-3H3,(H,27,29)/b26-15-. The molecule has 178 valence electrons. The average molecular weight is 518 g/mol. The Kier molecular flexibility index (Phi) is 8.60. The molecule has 0 atom stereocenters. The normalized spacial score (nSPS) is 11.4. The van der Waals surface area contributed by atoms with Crippen LogP contribution in [-0.4, -0.2) is 40.4 Å². The van der Waals surface area contributed by atoms with Gasteiger partial charge in [0.1, 0.15) is 12.3 Å². The van der Waals surface area contributed by atoms with Crippen LogP contribution in [0.4, 0.5) is 5.69 Å². The minimum Gasteiger partial charge on any atom is -0.495 e. The molecular weight excluding hydrogens is 494 g/mol. The van der Waals surface area contributed by atoms with Gasteiger partial charge in [0.15, 0.2) is 0 Å². The second-order valence-corrected chi connectivity index (χ2v) is 10.4. The van der Waals surface area contributed by atoms with Crippen molar-refractivity contribution < 1.29 is 17.9 Å². The first-order chi connectivity index (χ1) is 16.2.